The summed E-state index contributed by atoms with van der Waals surface area (Å²) in [7, 11) is 3.22. The second-order valence-electron chi connectivity index (χ2n) is 9.29. The lowest BCUT2D eigenvalue weighted by Crippen LogP contribution is -2.47. The highest BCUT2D eigenvalue weighted by Crippen LogP contribution is 2.27. The molecule has 0 fully saturated rings. The Morgan fingerprint density at radius 1 is 1.05 bits per heavy atom. The summed E-state index contributed by atoms with van der Waals surface area (Å²) in [5, 5.41) is 0.769. The largest absolute Gasteiger partial charge is 0.347 e. The van der Waals surface area contributed by atoms with Crippen molar-refractivity contribution >= 4 is 50.2 Å². The van der Waals surface area contributed by atoms with Gasteiger partial charge in [-0.1, -0.05) is 57.9 Å². The fourth-order valence-electron chi connectivity index (χ4n) is 4.33. The van der Waals surface area contributed by atoms with Crippen molar-refractivity contribution in [1.29, 1.82) is 0 Å². The first-order valence-electron chi connectivity index (χ1n) is 12.4. The topological polar surface area (TPSA) is 102 Å². The molecule has 1 heterocycles. The number of amides is 2. The fraction of sp³-hybridized carbons (Fsp3) is 0.241. The fourth-order valence-corrected chi connectivity index (χ4v) is 4.77. The van der Waals surface area contributed by atoms with Crippen LogP contribution in [-0.2, 0) is 11.3 Å². The van der Waals surface area contributed by atoms with Crippen LogP contribution in [0, 0.1) is 0 Å². The van der Waals surface area contributed by atoms with E-state index in [1.807, 2.05) is 30.3 Å². The minimum atomic E-state index is -1.19. The summed E-state index contributed by atoms with van der Waals surface area (Å²) in [6.07, 6.45) is 0.446. The van der Waals surface area contributed by atoms with Crippen LogP contribution >= 0.6 is 27.5 Å². The number of aromatic nitrogens is 2. The van der Waals surface area contributed by atoms with Gasteiger partial charge < -0.3 is 15.5 Å². The average molecular weight is 611 g/mol. The number of nitrogens with two attached hydrogens (primary N) is 1. The maximum atomic E-state index is 13.9. The van der Waals surface area contributed by atoms with Crippen LogP contribution in [0.5, 0.6) is 0 Å². The number of nitrogens with zero attached hydrogens (tertiary/aromatic N) is 4. The molecule has 1 aromatic heterocycles. The Morgan fingerprint density at radius 2 is 1.74 bits per heavy atom. The van der Waals surface area contributed by atoms with Crippen LogP contribution in [0.2, 0.25) is 5.02 Å². The molecule has 2 N–H and O–H groups in total. The van der Waals surface area contributed by atoms with Crippen molar-refractivity contribution < 1.29 is 9.59 Å². The highest BCUT2D eigenvalue weighted by atomic mass is 79.9. The van der Waals surface area contributed by atoms with E-state index in [-0.39, 0.29) is 30.4 Å². The number of hydrogen-bond acceptors (Lipinski definition) is 5. The molecule has 8 nitrogen and oxygen atoms in total. The van der Waals surface area contributed by atoms with E-state index in [1.165, 1.54) is 14.4 Å². The number of carbonyl (C=O) groups excluding carboxylic acids is 2. The molecule has 10 heteroatoms. The van der Waals surface area contributed by atoms with E-state index in [2.05, 4.69) is 15.9 Å². The van der Waals surface area contributed by atoms with E-state index in [4.69, 9.17) is 22.3 Å². The van der Waals surface area contributed by atoms with Crippen LogP contribution in [0.1, 0.15) is 34.2 Å². The number of likely N-dealkylation sites (N-methyl/N-ethyl adjacent to an activating group) is 1. The van der Waals surface area contributed by atoms with E-state index in [0.29, 0.717) is 34.5 Å². The Balaban J connectivity index is 1.99. The van der Waals surface area contributed by atoms with Gasteiger partial charge in [0.25, 0.3) is 17.4 Å². The summed E-state index contributed by atoms with van der Waals surface area (Å²) >= 11 is 9.65. The van der Waals surface area contributed by atoms with Crippen LogP contribution < -0.4 is 11.3 Å². The third-order valence-corrected chi connectivity index (χ3v) is 7.08. The first kappa shape index (κ1) is 28.5. The van der Waals surface area contributed by atoms with Gasteiger partial charge in [-0.05, 0) is 61.0 Å². The van der Waals surface area contributed by atoms with Crippen molar-refractivity contribution in [3.05, 3.63) is 110 Å². The molecule has 0 aliphatic carbocycles. The van der Waals surface area contributed by atoms with Crippen molar-refractivity contribution in [2.45, 2.75) is 19.0 Å². The van der Waals surface area contributed by atoms with Gasteiger partial charge in [0.05, 0.1) is 17.4 Å². The second-order valence-corrected chi connectivity index (χ2v) is 10.6. The van der Waals surface area contributed by atoms with Gasteiger partial charge in [0.1, 0.15) is 5.82 Å². The number of benzene rings is 3. The summed E-state index contributed by atoms with van der Waals surface area (Å²) in [6.45, 7) is 0.657. The second kappa shape index (κ2) is 12.5. The third-order valence-electron chi connectivity index (χ3n) is 6.32. The molecule has 0 saturated carbocycles. The van der Waals surface area contributed by atoms with Crippen LogP contribution in [0.3, 0.4) is 0 Å². The molecule has 202 valence electrons. The molecular formula is C29H29BrClN5O3. The molecule has 0 aliphatic heterocycles. The number of halogens is 2. The molecule has 0 aliphatic rings. The van der Waals surface area contributed by atoms with Gasteiger partial charge in [0.2, 0.25) is 0 Å². The van der Waals surface area contributed by atoms with E-state index >= 15 is 0 Å². The van der Waals surface area contributed by atoms with E-state index in [0.717, 1.165) is 10.0 Å². The first-order chi connectivity index (χ1) is 18.7. The van der Waals surface area contributed by atoms with Crippen LogP contribution in [0.25, 0.3) is 10.9 Å². The Morgan fingerprint density at radius 3 is 2.38 bits per heavy atom. The molecule has 0 saturated heterocycles. The Labute approximate surface area is 240 Å². The standard InChI is InChI=1S/C29H29BrClN5O3/c1-34(2)29(39)25(35(16-6-15-32)27(37)20-9-11-21(30)12-10-20)26-33-24-17-22(31)13-14-23(24)28(38)36(26)18-19-7-4-3-5-8-19/h3-5,7-14,17,25H,6,15-16,18,32H2,1-2H3. The Kier molecular flexibility index (Phi) is 9.16. The molecule has 0 radical (unpaired) electrons. The highest BCUT2D eigenvalue weighted by molar-refractivity contribution is 9.10. The van der Waals surface area contributed by atoms with Crippen LogP contribution in [0.4, 0.5) is 0 Å². The predicted octanol–water partition coefficient (Wildman–Crippen LogP) is 4.48. The summed E-state index contributed by atoms with van der Waals surface area (Å²) in [5.41, 5.74) is 7.09. The maximum Gasteiger partial charge on any atom is 0.261 e. The molecule has 0 spiro atoms. The van der Waals surface area contributed by atoms with Gasteiger partial charge in [-0.3, -0.25) is 19.0 Å². The molecule has 1 atom stereocenters. The molecule has 0 bridgehead atoms. The van der Waals surface area contributed by atoms with Crippen molar-refractivity contribution in [3.63, 3.8) is 0 Å². The lowest BCUT2D eigenvalue weighted by atomic mass is 10.1. The molecule has 4 rings (SSSR count). The van der Waals surface area contributed by atoms with Crippen LogP contribution in [-0.4, -0.2) is 58.4 Å². The third kappa shape index (κ3) is 6.38. The van der Waals surface area contributed by atoms with Gasteiger partial charge in [-0.25, -0.2) is 4.98 Å². The molecular weight excluding hydrogens is 582 g/mol. The van der Waals surface area contributed by atoms with Crippen molar-refractivity contribution in [2.75, 3.05) is 27.2 Å². The lowest BCUT2D eigenvalue weighted by Gasteiger charge is -2.33. The Hall–Kier alpha value is -3.53. The zero-order valence-electron chi connectivity index (χ0n) is 21.7. The summed E-state index contributed by atoms with van der Waals surface area (Å²) in [5.74, 6) is -0.616. The minimum Gasteiger partial charge on any atom is -0.347 e. The molecule has 1 unspecified atom stereocenters. The zero-order chi connectivity index (χ0) is 28.1. The monoisotopic (exact) mass is 609 g/mol. The smallest absolute Gasteiger partial charge is 0.261 e. The number of rotatable bonds is 9. The van der Waals surface area contributed by atoms with Gasteiger partial charge in [0, 0.05) is 35.7 Å². The zero-order valence-corrected chi connectivity index (χ0v) is 24.0. The van der Waals surface area contributed by atoms with Crippen molar-refractivity contribution in [1.82, 2.24) is 19.4 Å². The molecule has 3 aromatic carbocycles. The van der Waals surface area contributed by atoms with E-state index in [9.17, 15) is 14.4 Å². The lowest BCUT2D eigenvalue weighted by molar-refractivity contribution is -0.134. The molecule has 4 aromatic rings. The summed E-state index contributed by atoms with van der Waals surface area (Å²) in [4.78, 5) is 49.4. The highest BCUT2D eigenvalue weighted by Gasteiger charge is 2.36. The van der Waals surface area contributed by atoms with Crippen molar-refractivity contribution in [3.8, 4) is 0 Å². The maximum absolute atomic E-state index is 13.9. The summed E-state index contributed by atoms with van der Waals surface area (Å²) in [6, 6.07) is 20.0. The Bertz CT molecular complexity index is 1540. The van der Waals surface area contributed by atoms with Gasteiger partial charge in [0.15, 0.2) is 6.04 Å². The molecule has 2 amide bonds. The minimum absolute atomic E-state index is 0.153. The van der Waals surface area contributed by atoms with Gasteiger partial charge >= 0.3 is 0 Å². The van der Waals surface area contributed by atoms with Crippen LogP contribution in [0.15, 0.2) is 82.1 Å². The SMILES string of the molecule is CN(C)C(=O)C(c1nc2cc(Cl)ccc2c(=O)n1Cc1ccccc1)N(CCCN)C(=O)c1ccc(Br)cc1. The number of carbonyl (C=O) groups is 2. The summed E-state index contributed by atoms with van der Waals surface area (Å²) < 4.78 is 2.29. The van der Waals surface area contributed by atoms with E-state index in [1.54, 1.807) is 56.6 Å². The predicted molar refractivity (Wildman–Crippen MR) is 157 cm³/mol. The quantitative estimate of drug-likeness (QED) is 0.301. The van der Waals surface area contributed by atoms with Gasteiger partial charge in [-0.15, -0.1) is 0 Å². The number of hydrogen-bond donors (Lipinski definition) is 1. The number of fused-ring (bicyclic) bond motifs is 1. The first-order valence-corrected chi connectivity index (χ1v) is 13.6. The average Bonchev–Trinajstić information content (AvgIpc) is 2.93. The van der Waals surface area contributed by atoms with E-state index < -0.39 is 11.9 Å². The normalized spacial score (nSPS) is 11.8. The molecule has 39 heavy (non-hydrogen) atoms. The van der Waals surface area contributed by atoms with Gasteiger partial charge in [-0.2, -0.15) is 0 Å². The van der Waals surface area contributed by atoms with Crippen molar-refractivity contribution in [2.24, 2.45) is 5.73 Å².